The topological polar surface area (TPSA) is 52.4 Å². The van der Waals surface area contributed by atoms with E-state index in [1.807, 2.05) is 12.1 Å². The van der Waals surface area contributed by atoms with Crippen molar-refractivity contribution in [1.29, 1.82) is 0 Å². The van der Waals surface area contributed by atoms with E-state index in [2.05, 4.69) is 22.6 Å². The Balaban J connectivity index is 2.41. The first-order chi connectivity index (χ1) is 8.97. The highest BCUT2D eigenvalue weighted by molar-refractivity contribution is 14.1. The van der Waals surface area contributed by atoms with E-state index in [0.29, 0.717) is 5.75 Å². The quantitative estimate of drug-likeness (QED) is 0.392. The van der Waals surface area contributed by atoms with Crippen LogP contribution in [-0.4, -0.2) is 4.92 Å². The van der Waals surface area contributed by atoms with Crippen molar-refractivity contribution in [2.24, 2.45) is 0 Å². The zero-order valence-electron chi connectivity index (χ0n) is 9.27. The molecule has 0 saturated heterocycles. The SMILES string of the molecule is O=[N+]([O-])c1cc(Cl)c(Cl)cc1Oc1ccc(I)cc1. The Morgan fingerprint density at radius 3 is 2.26 bits per heavy atom. The van der Waals surface area contributed by atoms with Gasteiger partial charge in [-0.25, -0.2) is 0 Å². The number of rotatable bonds is 3. The lowest BCUT2D eigenvalue weighted by molar-refractivity contribution is -0.385. The molecule has 0 amide bonds. The van der Waals surface area contributed by atoms with Gasteiger partial charge < -0.3 is 4.74 Å². The van der Waals surface area contributed by atoms with Crippen LogP contribution < -0.4 is 4.74 Å². The molecular weight excluding hydrogens is 404 g/mol. The van der Waals surface area contributed by atoms with Gasteiger partial charge in [-0.1, -0.05) is 23.2 Å². The second-order valence-corrected chi connectivity index (χ2v) is 5.61. The van der Waals surface area contributed by atoms with Gasteiger partial charge in [0, 0.05) is 15.7 Å². The Kier molecular flexibility index (Phi) is 4.49. The van der Waals surface area contributed by atoms with Crippen molar-refractivity contribution >= 4 is 51.5 Å². The van der Waals surface area contributed by atoms with E-state index in [1.54, 1.807) is 12.1 Å². The minimum atomic E-state index is -0.565. The van der Waals surface area contributed by atoms with Gasteiger partial charge in [-0.3, -0.25) is 10.1 Å². The summed E-state index contributed by atoms with van der Waals surface area (Å²) in [6.07, 6.45) is 0. The third-order valence-corrected chi connectivity index (χ3v) is 3.68. The molecule has 4 nitrogen and oxygen atoms in total. The van der Waals surface area contributed by atoms with Crippen LogP contribution in [0.3, 0.4) is 0 Å². The Bertz CT molecular complexity index is 632. The molecule has 0 N–H and O–H groups in total. The van der Waals surface area contributed by atoms with Gasteiger partial charge in [-0.15, -0.1) is 0 Å². The highest BCUT2D eigenvalue weighted by Crippen LogP contribution is 2.38. The highest BCUT2D eigenvalue weighted by atomic mass is 127. The predicted molar refractivity (Wildman–Crippen MR) is 82.3 cm³/mol. The number of benzene rings is 2. The fourth-order valence-electron chi connectivity index (χ4n) is 1.37. The number of halogens is 3. The molecule has 0 heterocycles. The molecular formula is C12H6Cl2INO3. The molecule has 0 aliphatic heterocycles. The number of nitro benzene ring substituents is 1. The summed E-state index contributed by atoms with van der Waals surface area (Å²) in [6, 6.07) is 9.60. The lowest BCUT2D eigenvalue weighted by atomic mass is 10.3. The van der Waals surface area contributed by atoms with E-state index in [-0.39, 0.29) is 21.5 Å². The van der Waals surface area contributed by atoms with Gasteiger partial charge in [0.2, 0.25) is 5.75 Å². The lowest BCUT2D eigenvalue weighted by Gasteiger charge is -2.07. The maximum absolute atomic E-state index is 11.0. The molecule has 2 aromatic carbocycles. The molecule has 7 heteroatoms. The largest absolute Gasteiger partial charge is 0.450 e. The minimum Gasteiger partial charge on any atom is -0.450 e. The van der Waals surface area contributed by atoms with Gasteiger partial charge in [0.25, 0.3) is 0 Å². The van der Waals surface area contributed by atoms with Crippen LogP contribution in [0.25, 0.3) is 0 Å². The molecule has 0 aliphatic carbocycles. The van der Waals surface area contributed by atoms with E-state index in [9.17, 15) is 10.1 Å². The molecule has 19 heavy (non-hydrogen) atoms. The van der Waals surface area contributed by atoms with Crippen molar-refractivity contribution in [1.82, 2.24) is 0 Å². The number of hydrogen-bond donors (Lipinski definition) is 0. The monoisotopic (exact) mass is 409 g/mol. The van der Waals surface area contributed by atoms with Crippen molar-refractivity contribution in [3.05, 3.63) is 60.1 Å². The summed E-state index contributed by atoms with van der Waals surface area (Å²) in [5.74, 6) is 0.544. The number of ether oxygens (including phenoxy) is 1. The normalized spacial score (nSPS) is 10.3. The summed E-state index contributed by atoms with van der Waals surface area (Å²) in [6.45, 7) is 0. The molecule has 0 bridgehead atoms. The Morgan fingerprint density at radius 2 is 1.68 bits per heavy atom. The van der Waals surface area contributed by atoms with E-state index < -0.39 is 4.92 Å². The van der Waals surface area contributed by atoms with Crippen LogP contribution in [0.5, 0.6) is 11.5 Å². The predicted octanol–water partition coefficient (Wildman–Crippen LogP) is 5.30. The Morgan fingerprint density at radius 1 is 1.11 bits per heavy atom. The molecule has 0 unspecified atom stereocenters. The third-order valence-electron chi connectivity index (χ3n) is 2.24. The molecule has 98 valence electrons. The van der Waals surface area contributed by atoms with Crippen LogP contribution in [0.1, 0.15) is 0 Å². The van der Waals surface area contributed by atoms with Crippen molar-refractivity contribution in [2.75, 3.05) is 0 Å². The number of hydrogen-bond acceptors (Lipinski definition) is 3. The Labute approximate surface area is 132 Å². The molecule has 0 spiro atoms. The van der Waals surface area contributed by atoms with Gasteiger partial charge in [-0.2, -0.15) is 0 Å². The van der Waals surface area contributed by atoms with Gasteiger partial charge in [0.1, 0.15) is 5.75 Å². The van der Waals surface area contributed by atoms with E-state index >= 15 is 0 Å². The van der Waals surface area contributed by atoms with Crippen LogP contribution in [0, 0.1) is 13.7 Å². The first-order valence-electron chi connectivity index (χ1n) is 5.04. The summed E-state index contributed by atoms with van der Waals surface area (Å²) >= 11 is 13.8. The zero-order valence-corrected chi connectivity index (χ0v) is 12.9. The smallest absolute Gasteiger partial charge is 0.313 e. The van der Waals surface area contributed by atoms with E-state index in [4.69, 9.17) is 27.9 Å². The lowest BCUT2D eigenvalue weighted by Crippen LogP contribution is -1.94. The van der Waals surface area contributed by atoms with Crippen molar-refractivity contribution in [2.45, 2.75) is 0 Å². The van der Waals surface area contributed by atoms with Crippen LogP contribution in [0.15, 0.2) is 36.4 Å². The van der Waals surface area contributed by atoms with E-state index in [1.165, 1.54) is 12.1 Å². The first kappa shape index (κ1) is 14.4. The molecule has 0 atom stereocenters. The third kappa shape index (κ3) is 3.49. The van der Waals surface area contributed by atoms with Gasteiger partial charge >= 0.3 is 5.69 Å². The summed E-state index contributed by atoms with van der Waals surface area (Å²) in [4.78, 5) is 10.4. The molecule has 0 radical (unpaired) electrons. The standard InChI is InChI=1S/C12H6Cl2INO3/c13-9-5-11(16(17)18)12(6-10(9)14)19-8-3-1-7(15)2-4-8/h1-6H. The summed E-state index contributed by atoms with van der Waals surface area (Å²) in [5.41, 5.74) is -0.229. The van der Waals surface area contributed by atoms with E-state index in [0.717, 1.165) is 3.57 Å². The summed E-state index contributed by atoms with van der Waals surface area (Å²) in [5, 5.41) is 11.3. The van der Waals surface area contributed by atoms with Crippen LogP contribution in [0.2, 0.25) is 10.0 Å². The van der Waals surface area contributed by atoms with Crippen molar-refractivity contribution in [3.8, 4) is 11.5 Å². The van der Waals surface area contributed by atoms with Gasteiger partial charge in [-0.05, 0) is 46.9 Å². The molecule has 0 saturated carbocycles. The second kappa shape index (κ2) is 5.94. The molecule has 0 aliphatic rings. The maximum Gasteiger partial charge on any atom is 0.313 e. The highest BCUT2D eigenvalue weighted by Gasteiger charge is 2.19. The molecule has 2 rings (SSSR count). The summed E-state index contributed by atoms with van der Waals surface area (Å²) in [7, 11) is 0. The zero-order chi connectivity index (χ0) is 14.0. The molecule has 2 aromatic rings. The van der Waals surface area contributed by atoms with Gasteiger partial charge in [0.15, 0.2) is 0 Å². The van der Waals surface area contributed by atoms with Crippen molar-refractivity contribution in [3.63, 3.8) is 0 Å². The number of nitrogens with zero attached hydrogens (tertiary/aromatic N) is 1. The second-order valence-electron chi connectivity index (χ2n) is 3.55. The van der Waals surface area contributed by atoms with Crippen LogP contribution in [-0.2, 0) is 0 Å². The summed E-state index contributed by atoms with van der Waals surface area (Å²) < 4.78 is 6.51. The van der Waals surface area contributed by atoms with Crippen molar-refractivity contribution < 1.29 is 9.66 Å². The maximum atomic E-state index is 11.0. The molecule has 0 aromatic heterocycles. The van der Waals surface area contributed by atoms with Crippen LogP contribution in [0.4, 0.5) is 5.69 Å². The molecule has 0 fully saturated rings. The number of nitro groups is 1. The average Bonchev–Trinajstić information content (AvgIpc) is 2.36. The minimum absolute atomic E-state index is 0.0561. The fourth-order valence-corrected chi connectivity index (χ4v) is 2.04. The fraction of sp³-hybridized carbons (Fsp3) is 0. The average molecular weight is 410 g/mol. The first-order valence-corrected chi connectivity index (χ1v) is 6.87. The van der Waals surface area contributed by atoms with Gasteiger partial charge in [0.05, 0.1) is 15.0 Å². The Hall–Kier alpha value is -1.05. The van der Waals surface area contributed by atoms with Crippen LogP contribution >= 0.6 is 45.8 Å².